The summed E-state index contributed by atoms with van der Waals surface area (Å²) in [4.78, 5) is 18.9. The van der Waals surface area contributed by atoms with Crippen LogP contribution in [-0.2, 0) is 6.54 Å². The van der Waals surface area contributed by atoms with Crippen molar-refractivity contribution in [2.24, 2.45) is 0 Å². The van der Waals surface area contributed by atoms with E-state index < -0.39 is 0 Å². The molecule has 1 N–H and O–H groups in total. The number of furan rings is 1. The number of para-hydroxylation sites is 1. The third-order valence-corrected chi connectivity index (χ3v) is 6.12. The van der Waals surface area contributed by atoms with Crippen molar-refractivity contribution in [3.8, 4) is 11.3 Å². The molecule has 156 valence electrons. The summed E-state index contributed by atoms with van der Waals surface area (Å²) in [6.07, 6.45) is 1.62. The largest absolute Gasteiger partial charge is 0.467 e. The van der Waals surface area contributed by atoms with Crippen LogP contribution in [0.5, 0.6) is 0 Å². The number of halogens is 1. The summed E-state index contributed by atoms with van der Waals surface area (Å²) in [5.74, 6) is 0.406. The van der Waals surface area contributed by atoms with E-state index in [0.717, 1.165) is 39.0 Å². The number of rotatable bonds is 4. The van der Waals surface area contributed by atoms with Crippen LogP contribution in [-0.4, -0.2) is 15.8 Å². The SMILES string of the molecule is O=C1c2ccccc2[C@H](c2c(-c3ccc(F)cc3)[nH]c3ccccc23)N1Cc1ccco1. The first kappa shape index (κ1) is 18.6. The Balaban J connectivity index is 1.61. The Morgan fingerprint density at radius 3 is 2.50 bits per heavy atom. The highest BCUT2D eigenvalue weighted by Gasteiger charge is 2.40. The normalized spacial score (nSPS) is 15.5. The van der Waals surface area contributed by atoms with Gasteiger partial charge in [0.05, 0.1) is 24.5 Å². The van der Waals surface area contributed by atoms with E-state index in [1.807, 2.05) is 59.5 Å². The van der Waals surface area contributed by atoms with Crippen LogP contribution in [0, 0.1) is 5.82 Å². The maximum atomic E-state index is 13.7. The molecule has 3 aromatic carbocycles. The fourth-order valence-corrected chi connectivity index (χ4v) is 4.71. The van der Waals surface area contributed by atoms with E-state index in [-0.39, 0.29) is 17.8 Å². The van der Waals surface area contributed by atoms with Gasteiger partial charge in [-0.25, -0.2) is 4.39 Å². The summed E-state index contributed by atoms with van der Waals surface area (Å²) < 4.78 is 19.2. The lowest BCUT2D eigenvalue weighted by molar-refractivity contribution is 0.0724. The first-order valence-corrected chi connectivity index (χ1v) is 10.5. The smallest absolute Gasteiger partial charge is 0.255 e. The summed E-state index contributed by atoms with van der Waals surface area (Å²) in [5, 5.41) is 1.03. The number of nitrogens with one attached hydrogen (secondary N) is 1. The molecule has 4 nitrogen and oxygen atoms in total. The van der Waals surface area contributed by atoms with Gasteiger partial charge in [-0.1, -0.05) is 36.4 Å². The van der Waals surface area contributed by atoms with E-state index in [1.54, 1.807) is 18.4 Å². The van der Waals surface area contributed by atoms with E-state index in [0.29, 0.717) is 12.1 Å². The van der Waals surface area contributed by atoms with Crippen molar-refractivity contribution in [3.63, 3.8) is 0 Å². The molecule has 0 spiro atoms. The Hall–Kier alpha value is -4.12. The molecule has 0 saturated heterocycles. The molecule has 5 heteroatoms. The van der Waals surface area contributed by atoms with Crippen LogP contribution in [0.15, 0.2) is 95.6 Å². The molecule has 5 aromatic rings. The van der Waals surface area contributed by atoms with Crippen LogP contribution in [0.4, 0.5) is 4.39 Å². The predicted octanol–water partition coefficient (Wildman–Crippen LogP) is 6.31. The quantitative estimate of drug-likeness (QED) is 0.369. The van der Waals surface area contributed by atoms with Gasteiger partial charge in [-0.3, -0.25) is 4.79 Å². The van der Waals surface area contributed by atoms with Gasteiger partial charge >= 0.3 is 0 Å². The second-order valence-corrected chi connectivity index (χ2v) is 7.97. The highest BCUT2D eigenvalue weighted by Crippen LogP contribution is 2.46. The van der Waals surface area contributed by atoms with Gasteiger partial charge in [0.2, 0.25) is 0 Å². The van der Waals surface area contributed by atoms with E-state index >= 15 is 0 Å². The molecule has 3 heterocycles. The lowest BCUT2D eigenvalue weighted by Crippen LogP contribution is -2.28. The maximum absolute atomic E-state index is 13.7. The molecule has 2 aromatic heterocycles. The number of hydrogen-bond acceptors (Lipinski definition) is 2. The Morgan fingerprint density at radius 2 is 1.69 bits per heavy atom. The van der Waals surface area contributed by atoms with E-state index in [9.17, 15) is 9.18 Å². The molecule has 0 radical (unpaired) electrons. The van der Waals surface area contributed by atoms with Crippen molar-refractivity contribution < 1.29 is 13.6 Å². The van der Waals surface area contributed by atoms with Crippen LogP contribution in [0.25, 0.3) is 22.2 Å². The molecule has 32 heavy (non-hydrogen) atoms. The highest BCUT2D eigenvalue weighted by atomic mass is 19.1. The maximum Gasteiger partial charge on any atom is 0.255 e. The van der Waals surface area contributed by atoms with Crippen molar-refractivity contribution >= 4 is 16.8 Å². The van der Waals surface area contributed by atoms with E-state index in [1.165, 1.54) is 12.1 Å². The number of nitrogens with zero attached hydrogens (tertiary/aromatic N) is 1. The molecule has 0 unspecified atom stereocenters. The molecule has 0 fully saturated rings. The number of H-pyrrole nitrogens is 1. The van der Waals surface area contributed by atoms with Crippen molar-refractivity contribution in [3.05, 3.63) is 119 Å². The van der Waals surface area contributed by atoms with E-state index in [4.69, 9.17) is 4.42 Å². The fraction of sp³-hybridized carbons (Fsp3) is 0.0741. The molecule has 1 atom stereocenters. The molecule has 6 rings (SSSR count). The summed E-state index contributed by atoms with van der Waals surface area (Å²) >= 11 is 0. The summed E-state index contributed by atoms with van der Waals surface area (Å²) in [5.41, 5.74) is 5.36. The average Bonchev–Trinajstić information content (AvgIpc) is 3.53. The van der Waals surface area contributed by atoms with Crippen LogP contribution in [0.2, 0.25) is 0 Å². The molecule has 1 aliphatic rings. The molecule has 0 bridgehead atoms. The number of hydrogen-bond donors (Lipinski definition) is 1. The predicted molar refractivity (Wildman–Crippen MR) is 121 cm³/mol. The van der Waals surface area contributed by atoms with Gasteiger partial charge in [-0.05, 0) is 59.7 Å². The highest BCUT2D eigenvalue weighted by molar-refractivity contribution is 6.02. The Bertz CT molecular complexity index is 1430. The fourth-order valence-electron chi connectivity index (χ4n) is 4.71. The number of benzene rings is 3. The molecular weight excluding hydrogens is 403 g/mol. The van der Waals surface area contributed by atoms with Crippen LogP contribution in [0.3, 0.4) is 0 Å². The molecule has 1 amide bonds. The summed E-state index contributed by atoms with van der Waals surface area (Å²) in [7, 11) is 0. The number of carbonyl (C=O) groups excluding carboxylic acids is 1. The van der Waals surface area contributed by atoms with Gasteiger partial charge in [0.15, 0.2) is 0 Å². The van der Waals surface area contributed by atoms with Gasteiger partial charge in [0.1, 0.15) is 11.6 Å². The lowest BCUT2D eigenvalue weighted by Gasteiger charge is -2.26. The first-order valence-electron chi connectivity index (χ1n) is 10.5. The van der Waals surface area contributed by atoms with Gasteiger partial charge in [0.25, 0.3) is 5.91 Å². The first-order chi connectivity index (χ1) is 15.7. The van der Waals surface area contributed by atoms with Gasteiger partial charge in [0, 0.05) is 22.0 Å². The lowest BCUT2D eigenvalue weighted by atomic mass is 9.93. The molecular formula is C27H19FN2O2. The third kappa shape index (κ3) is 2.86. The van der Waals surface area contributed by atoms with Crippen LogP contribution >= 0.6 is 0 Å². The van der Waals surface area contributed by atoms with Gasteiger partial charge < -0.3 is 14.3 Å². The van der Waals surface area contributed by atoms with Crippen molar-refractivity contribution in [1.29, 1.82) is 0 Å². The summed E-state index contributed by atoms with van der Waals surface area (Å²) in [6, 6.07) is 25.6. The molecule has 1 aliphatic heterocycles. The monoisotopic (exact) mass is 422 g/mol. The Labute approximate surface area is 183 Å². The Kier molecular flexibility index (Phi) is 4.21. The van der Waals surface area contributed by atoms with Gasteiger partial charge in [-0.15, -0.1) is 0 Å². The molecule has 0 aliphatic carbocycles. The number of aromatic amines is 1. The molecule has 0 saturated carbocycles. The average molecular weight is 422 g/mol. The minimum atomic E-state index is -0.306. The standard InChI is InChI=1S/C27H19FN2O2/c28-18-13-11-17(12-14-18)25-24(22-9-3-4-10-23(22)29-25)26-20-7-1-2-8-21(20)27(31)30(26)16-19-6-5-15-32-19/h1-15,26,29H,16H2/t26-/m1/s1. The van der Waals surface area contributed by atoms with Crippen molar-refractivity contribution in [1.82, 2.24) is 9.88 Å². The second-order valence-electron chi connectivity index (χ2n) is 7.97. The minimum Gasteiger partial charge on any atom is -0.467 e. The number of fused-ring (bicyclic) bond motifs is 2. The second kappa shape index (κ2) is 7.24. The topological polar surface area (TPSA) is 49.2 Å². The number of carbonyl (C=O) groups is 1. The number of amides is 1. The zero-order chi connectivity index (χ0) is 21.7. The zero-order valence-electron chi connectivity index (χ0n) is 17.1. The van der Waals surface area contributed by atoms with Crippen molar-refractivity contribution in [2.45, 2.75) is 12.6 Å². The minimum absolute atomic E-state index is 0.0302. The van der Waals surface area contributed by atoms with Crippen LogP contribution in [0.1, 0.15) is 33.3 Å². The number of aromatic nitrogens is 1. The van der Waals surface area contributed by atoms with Gasteiger partial charge in [-0.2, -0.15) is 0 Å². The van der Waals surface area contributed by atoms with Crippen molar-refractivity contribution in [2.75, 3.05) is 0 Å². The Morgan fingerprint density at radius 1 is 0.906 bits per heavy atom. The zero-order valence-corrected chi connectivity index (χ0v) is 17.1. The third-order valence-electron chi connectivity index (χ3n) is 6.12. The van der Waals surface area contributed by atoms with E-state index in [2.05, 4.69) is 11.1 Å². The van der Waals surface area contributed by atoms with Crippen LogP contribution < -0.4 is 0 Å². The summed E-state index contributed by atoms with van der Waals surface area (Å²) in [6.45, 7) is 0.355.